The Morgan fingerprint density at radius 3 is 2.83 bits per heavy atom. The minimum atomic E-state index is -0.363. The number of carbonyl (C=O) groups is 1. The van der Waals surface area contributed by atoms with Crippen LogP contribution in [0, 0.1) is 0 Å². The minimum absolute atomic E-state index is 0.363. The number of hydrogen-bond donors (Lipinski definition) is 1. The topological polar surface area (TPSA) is 52.3 Å². The number of thioether (sulfide) groups is 1. The largest absolute Gasteiger partial charge is 0.465 e. The molecule has 3 nitrogen and oxygen atoms in total. The molecule has 0 aliphatic heterocycles. The van der Waals surface area contributed by atoms with Crippen LogP contribution in [0.4, 0.5) is 5.69 Å². The molecule has 0 unspecified atom stereocenters. The van der Waals surface area contributed by atoms with Crippen LogP contribution in [-0.4, -0.2) is 19.3 Å². The van der Waals surface area contributed by atoms with Crippen molar-refractivity contribution in [1.82, 2.24) is 0 Å². The van der Waals surface area contributed by atoms with Crippen LogP contribution in [0.15, 0.2) is 10.3 Å². The predicted octanol–water partition coefficient (Wildman–Crippen LogP) is 1.84. The molecule has 0 amide bonds. The Kier molecular flexibility index (Phi) is 2.99. The van der Waals surface area contributed by atoms with Gasteiger partial charge in [-0.25, -0.2) is 4.79 Å². The van der Waals surface area contributed by atoms with Crippen LogP contribution in [0.3, 0.4) is 0 Å². The number of methoxy groups -OCH3 is 1. The van der Waals surface area contributed by atoms with Gasteiger partial charge in [0.05, 0.1) is 17.0 Å². The zero-order chi connectivity index (χ0) is 9.14. The zero-order valence-electron chi connectivity index (χ0n) is 6.79. The first-order valence-corrected chi connectivity index (χ1v) is 5.24. The van der Waals surface area contributed by atoms with E-state index in [1.165, 1.54) is 18.4 Å². The molecule has 0 aliphatic rings. The van der Waals surface area contributed by atoms with Crippen molar-refractivity contribution in [1.29, 1.82) is 0 Å². The van der Waals surface area contributed by atoms with Gasteiger partial charge in [0.2, 0.25) is 0 Å². The molecule has 0 saturated heterocycles. The highest BCUT2D eigenvalue weighted by molar-refractivity contribution is 8.00. The molecule has 0 radical (unpaired) electrons. The highest BCUT2D eigenvalue weighted by atomic mass is 32.2. The van der Waals surface area contributed by atoms with Crippen molar-refractivity contribution in [3.05, 3.63) is 10.9 Å². The predicted molar refractivity (Wildman–Crippen MR) is 51.9 cm³/mol. The second kappa shape index (κ2) is 3.82. The maximum atomic E-state index is 11.1. The maximum absolute atomic E-state index is 11.1. The molecule has 1 rings (SSSR count). The quantitative estimate of drug-likeness (QED) is 0.588. The zero-order valence-corrected chi connectivity index (χ0v) is 8.42. The number of anilines is 1. The Morgan fingerprint density at radius 1 is 1.75 bits per heavy atom. The van der Waals surface area contributed by atoms with Gasteiger partial charge in [-0.3, -0.25) is 0 Å². The number of thiophene rings is 1. The summed E-state index contributed by atoms with van der Waals surface area (Å²) in [6.45, 7) is 0. The summed E-state index contributed by atoms with van der Waals surface area (Å²) in [7, 11) is 1.35. The first-order valence-electron chi connectivity index (χ1n) is 3.20. The summed E-state index contributed by atoms with van der Waals surface area (Å²) in [6, 6.07) is 1.78. The van der Waals surface area contributed by atoms with Crippen molar-refractivity contribution in [2.75, 3.05) is 19.1 Å². The normalized spacial score (nSPS) is 9.83. The van der Waals surface area contributed by atoms with Crippen LogP contribution in [0.2, 0.25) is 0 Å². The molecule has 0 spiro atoms. The molecule has 0 bridgehead atoms. The van der Waals surface area contributed by atoms with E-state index >= 15 is 0 Å². The molecule has 0 fully saturated rings. The number of esters is 1. The average molecular weight is 203 g/mol. The van der Waals surface area contributed by atoms with Crippen molar-refractivity contribution in [3.63, 3.8) is 0 Å². The molecule has 5 heteroatoms. The average Bonchev–Trinajstić information content (AvgIpc) is 2.45. The van der Waals surface area contributed by atoms with Gasteiger partial charge in [0.25, 0.3) is 0 Å². The van der Waals surface area contributed by atoms with Crippen molar-refractivity contribution >= 4 is 34.8 Å². The Bertz CT molecular complexity index is 296. The molecular formula is C7H9NO2S2. The van der Waals surface area contributed by atoms with E-state index in [-0.39, 0.29) is 5.97 Å². The van der Waals surface area contributed by atoms with Gasteiger partial charge in [-0.2, -0.15) is 0 Å². The maximum Gasteiger partial charge on any atom is 0.350 e. The van der Waals surface area contributed by atoms with Crippen molar-refractivity contribution in [2.45, 2.75) is 4.21 Å². The molecule has 0 aromatic carbocycles. The van der Waals surface area contributed by atoms with Crippen LogP contribution in [0.25, 0.3) is 0 Å². The van der Waals surface area contributed by atoms with Crippen LogP contribution >= 0.6 is 23.1 Å². The number of nitrogens with two attached hydrogens (primary N) is 1. The summed E-state index contributed by atoms with van der Waals surface area (Å²) in [5, 5.41) is 0. The van der Waals surface area contributed by atoms with Crippen LogP contribution in [0.1, 0.15) is 9.67 Å². The fourth-order valence-corrected chi connectivity index (χ4v) is 2.29. The molecule has 0 atom stereocenters. The molecule has 12 heavy (non-hydrogen) atoms. The number of carbonyl (C=O) groups excluding carboxylic acids is 1. The second-order valence-corrected chi connectivity index (χ2v) is 4.20. The van der Waals surface area contributed by atoms with Gasteiger partial charge in [-0.15, -0.1) is 23.1 Å². The van der Waals surface area contributed by atoms with E-state index in [2.05, 4.69) is 4.74 Å². The lowest BCUT2D eigenvalue weighted by Crippen LogP contribution is -2.00. The van der Waals surface area contributed by atoms with Crippen LogP contribution < -0.4 is 5.73 Å². The molecule has 0 saturated carbocycles. The van der Waals surface area contributed by atoms with E-state index in [0.29, 0.717) is 10.6 Å². The summed E-state index contributed by atoms with van der Waals surface area (Å²) in [5.74, 6) is -0.363. The van der Waals surface area contributed by atoms with E-state index < -0.39 is 0 Å². The molecule has 66 valence electrons. The van der Waals surface area contributed by atoms with Crippen LogP contribution in [-0.2, 0) is 4.74 Å². The second-order valence-electron chi connectivity index (χ2n) is 2.05. The van der Waals surface area contributed by atoms with Gasteiger partial charge < -0.3 is 10.5 Å². The molecular weight excluding hydrogens is 194 g/mol. The van der Waals surface area contributed by atoms with E-state index in [4.69, 9.17) is 5.73 Å². The number of nitrogen functional groups attached to an aromatic ring is 1. The number of rotatable bonds is 2. The molecule has 1 heterocycles. The third kappa shape index (κ3) is 1.73. The van der Waals surface area contributed by atoms with Gasteiger partial charge in [-0.1, -0.05) is 0 Å². The van der Waals surface area contributed by atoms with E-state index in [0.717, 1.165) is 4.21 Å². The Balaban J connectivity index is 2.99. The highest BCUT2D eigenvalue weighted by Gasteiger charge is 2.13. The Morgan fingerprint density at radius 2 is 2.42 bits per heavy atom. The van der Waals surface area contributed by atoms with Gasteiger partial charge >= 0.3 is 5.97 Å². The van der Waals surface area contributed by atoms with Crippen molar-refractivity contribution in [3.8, 4) is 0 Å². The summed E-state index contributed by atoms with van der Waals surface area (Å²) >= 11 is 2.92. The fourth-order valence-electron chi connectivity index (χ4n) is 0.734. The lowest BCUT2D eigenvalue weighted by atomic mass is 10.4. The fraction of sp³-hybridized carbons (Fsp3) is 0.286. The molecule has 1 aromatic rings. The van der Waals surface area contributed by atoms with Gasteiger partial charge in [-0.05, 0) is 12.3 Å². The lowest BCUT2D eigenvalue weighted by Gasteiger charge is -1.94. The number of ether oxygens (including phenoxy) is 1. The van der Waals surface area contributed by atoms with E-state index in [9.17, 15) is 4.79 Å². The Labute approximate surface area is 78.9 Å². The van der Waals surface area contributed by atoms with Gasteiger partial charge in [0.1, 0.15) is 4.88 Å². The van der Waals surface area contributed by atoms with Crippen molar-refractivity contribution < 1.29 is 9.53 Å². The summed E-state index contributed by atoms with van der Waals surface area (Å²) < 4.78 is 5.58. The summed E-state index contributed by atoms with van der Waals surface area (Å²) in [6.07, 6.45) is 1.94. The van der Waals surface area contributed by atoms with Gasteiger partial charge in [0, 0.05) is 0 Å². The first kappa shape index (κ1) is 9.41. The SMILES string of the molecule is COC(=O)c1sc(SC)cc1N. The summed E-state index contributed by atoms with van der Waals surface area (Å²) in [4.78, 5) is 11.6. The lowest BCUT2D eigenvalue weighted by molar-refractivity contribution is 0.0607. The Hall–Kier alpha value is -0.680. The smallest absolute Gasteiger partial charge is 0.350 e. The van der Waals surface area contributed by atoms with E-state index in [1.54, 1.807) is 17.8 Å². The third-order valence-corrected chi connectivity index (χ3v) is 3.51. The minimum Gasteiger partial charge on any atom is -0.465 e. The van der Waals surface area contributed by atoms with Gasteiger partial charge in [0.15, 0.2) is 0 Å². The standard InChI is InChI=1S/C7H9NO2S2/c1-10-7(9)6-4(8)3-5(11-2)12-6/h3H,8H2,1-2H3. The third-order valence-electron chi connectivity index (χ3n) is 1.31. The molecule has 2 N–H and O–H groups in total. The monoisotopic (exact) mass is 203 g/mol. The highest BCUT2D eigenvalue weighted by Crippen LogP contribution is 2.31. The molecule has 0 aliphatic carbocycles. The number of hydrogen-bond acceptors (Lipinski definition) is 5. The molecule has 1 aromatic heterocycles. The van der Waals surface area contributed by atoms with Crippen molar-refractivity contribution in [2.24, 2.45) is 0 Å². The first-order chi connectivity index (χ1) is 5.69. The summed E-state index contributed by atoms with van der Waals surface area (Å²) in [5.41, 5.74) is 6.09. The van der Waals surface area contributed by atoms with E-state index in [1.807, 2.05) is 6.26 Å². The van der Waals surface area contributed by atoms with Crippen LogP contribution in [0.5, 0.6) is 0 Å².